The van der Waals surface area contributed by atoms with Crippen LogP contribution in [0, 0.1) is 5.82 Å². The second-order valence-electron chi connectivity index (χ2n) is 4.84. The summed E-state index contributed by atoms with van der Waals surface area (Å²) in [6, 6.07) is 12.6. The zero-order chi connectivity index (χ0) is 17.5. The molecular formula is C17H15BrFNO4. The number of para-hydroxylation sites is 1. The van der Waals surface area contributed by atoms with E-state index in [1.54, 1.807) is 30.3 Å². The van der Waals surface area contributed by atoms with Crippen molar-refractivity contribution in [1.29, 1.82) is 0 Å². The van der Waals surface area contributed by atoms with Gasteiger partial charge in [-0.3, -0.25) is 4.79 Å². The quantitative estimate of drug-likeness (QED) is 0.759. The van der Waals surface area contributed by atoms with Crippen LogP contribution in [0.25, 0.3) is 0 Å². The van der Waals surface area contributed by atoms with Gasteiger partial charge >= 0.3 is 5.97 Å². The first-order valence-corrected chi connectivity index (χ1v) is 7.88. The van der Waals surface area contributed by atoms with Crippen molar-refractivity contribution in [3.05, 3.63) is 58.8 Å². The van der Waals surface area contributed by atoms with Crippen molar-refractivity contribution in [2.45, 2.75) is 13.0 Å². The van der Waals surface area contributed by atoms with E-state index in [-0.39, 0.29) is 12.3 Å². The van der Waals surface area contributed by atoms with E-state index in [1.807, 2.05) is 0 Å². The maximum Gasteiger partial charge on any atom is 0.344 e. The van der Waals surface area contributed by atoms with E-state index in [1.165, 1.54) is 25.1 Å². The van der Waals surface area contributed by atoms with Crippen molar-refractivity contribution < 1.29 is 23.5 Å². The number of benzene rings is 2. The Morgan fingerprint density at radius 1 is 1.17 bits per heavy atom. The van der Waals surface area contributed by atoms with Crippen LogP contribution in [0.1, 0.15) is 6.92 Å². The molecule has 126 valence electrons. The predicted molar refractivity (Wildman–Crippen MR) is 90.2 cm³/mol. The van der Waals surface area contributed by atoms with Gasteiger partial charge < -0.3 is 14.8 Å². The molecule has 1 amide bonds. The van der Waals surface area contributed by atoms with Gasteiger partial charge in [-0.2, -0.15) is 0 Å². The summed E-state index contributed by atoms with van der Waals surface area (Å²) in [5, 5.41) is 2.36. The molecule has 24 heavy (non-hydrogen) atoms. The Labute approximate surface area is 146 Å². The predicted octanol–water partition coefficient (Wildman–Crippen LogP) is 3.54. The summed E-state index contributed by atoms with van der Waals surface area (Å²) in [7, 11) is 0. The maximum atomic E-state index is 13.5. The van der Waals surface area contributed by atoms with Crippen molar-refractivity contribution in [2.24, 2.45) is 0 Å². The van der Waals surface area contributed by atoms with Crippen LogP contribution in [0.15, 0.2) is 53.0 Å². The number of ether oxygens (including phenoxy) is 2. The Morgan fingerprint density at radius 3 is 2.50 bits per heavy atom. The van der Waals surface area contributed by atoms with E-state index >= 15 is 0 Å². The van der Waals surface area contributed by atoms with E-state index in [9.17, 15) is 14.0 Å². The normalized spacial score (nSPS) is 11.5. The Hall–Kier alpha value is -2.41. The van der Waals surface area contributed by atoms with Crippen LogP contribution >= 0.6 is 15.9 Å². The molecule has 0 unspecified atom stereocenters. The molecule has 2 rings (SSSR count). The summed E-state index contributed by atoms with van der Waals surface area (Å²) >= 11 is 3.29. The van der Waals surface area contributed by atoms with Crippen LogP contribution in [0.2, 0.25) is 0 Å². The summed E-state index contributed by atoms with van der Waals surface area (Å²) in [6.45, 7) is 1.06. The van der Waals surface area contributed by atoms with Gasteiger partial charge in [-0.1, -0.05) is 28.1 Å². The van der Waals surface area contributed by atoms with Gasteiger partial charge in [0.2, 0.25) is 0 Å². The minimum absolute atomic E-state index is 0.0245. The number of halogens is 2. The third kappa shape index (κ3) is 5.34. The molecule has 1 N–H and O–H groups in total. The molecule has 0 spiro atoms. The number of hydrogen-bond donors (Lipinski definition) is 1. The second-order valence-corrected chi connectivity index (χ2v) is 5.76. The van der Waals surface area contributed by atoms with Crippen LogP contribution in [0.3, 0.4) is 0 Å². The van der Waals surface area contributed by atoms with E-state index in [0.717, 1.165) is 4.47 Å². The summed E-state index contributed by atoms with van der Waals surface area (Å²) in [6.07, 6.45) is -1.08. The third-order valence-corrected chi connectivity index (χ3v) is 3.51. The largest absolute Gasteiger partial charge is 0.482 e. The van der Waals surface area contributed by atoms with Crippen molar-refractivity contribution in [3.8, 4) is 5.75 Å². The SMILES string of the molecule is C[C@@H](OC(=O)COc1ccc(Br)cc1)C(=O)Nc1ccccc1F. The average Bonchev–Trinajstić information content (AvgIpc) is 2.56. The first-order chi connectivity index (χ1) is 11.5. The van der Waals surface area contributed by atoms with Crippen molar-refractivity contribution in [1.82, 2.24) is 0 Å². The molecule has 0 aromatic heterocycles. The van der Waals surface area contributed by atoms with Crippen molar-refractivity contribution in [3.63, 3.8) is 0 Å². The van der Waals surface area contributed by atoms with E-state index in [4.69, 9.17) is 9.47 Å². The topological polar surface area (TPSA) is 64.6 Å². The number of amides is 1. The third-order valence-electron chi connectivity index (χ3n) is 2.98. The molecule has 7 heteroatoms. The monoisotopic (exact) mass is 395 g/mol. The Morgan fingerprint density at radius 2 is 1.83 bits per heavy atom. The maximum absolute atomic E-state index is 13.5. The van der Waals surface area contributed by atoms with Gasteiger partial charge in [0, 0.05) is 4.47 Å². The minimum Gasteiger partial charge on any atom is -0.482 e. The summed E-state index contributed by atoms with van der Waals surface area (Å²) in [5.41, 5.74) is 0.0245. The van der Waals surface area contributed by atoms with Crippen molar-refractivity contribution >= 4 is 33.5 Å². The number of carbonyl (C=O) groups excluding carboxylic acids is 2. The molecule has 0 aliphatic rings. The number of carbonyl (C=O) groups is 2. The lowest BCUT2D eigenvalue weighted by Gasteiger charge is -2.14. The number of hydrogen-bond acceptors (Lipinski definition) is 4. The van der Waals surface area contributed by atoms with E-state index in [0.29, 0.717) is 5.75 Å². The van der Waals surface area contributed by atoms with Crippen LogP contribution in [-0.4, -0.2) is 24.6 Å². The fourth-order valence-electron chi connectivity index (χ4n) is 1.75. The number of esters is 1. The molecule has 2 aromatic carbocycles. The highest BCUT2D eigenvalue weighted by Gasteiger charge is 2.19. The van der Waals surface area contributed by atoms with E-state index < -0.39 is 23.8 Å². The second kappa shape index (κ2) is 8.44. The zero-order valence-electron chi connectivity index (χ0n) is 12.8. The fourth-order valence-corrected chi connectivity index (χ4v) is 2.02. The number of anilines is 1. The lowest BCUT2D eigenvalue weighted by atomic mass is 10.3. The van der Waals surface area contributed by atoms with Crippen molar-refractivity contribution in [2.75, 3.05) is 11.9 Å². The smallest absolute Gasteiger partial charge is 0.344 e. The van der Waals surface area contributed by atoms with Gasteiger partial charge in [0.15, 0.2) is 12.7 Å². The van der Waals surface area contributed by atoms with Gasteiger partial charge in [0.05, 0.1) is 5.69 Å². The molecule has 1 atom stereocenters. The Bertz CT molecular complexity index is 721. The van der Waals surface area contributed by atoms with Crippen LogP contribution < -0.4 is 10.1 Å². The van der Waals surface area contributed by atoms with Crippen LogP contribution in [-0.2, 0) is 14.3 Å². The summed E-state index contributed by atoms with van der Waals surface area (Å²) in [5.74, 6) is -1.40. The Balaban J connectivity index is 1.81. The molecule has 0 saturated carbocycles. The van der Waals surface area contributed by atoms with Gasteiger partial charge in [-0.05, 0) is 43.3 Å². The molecule has 0 bridgehead atoms. The van der Waals surface area contributed by atoms with E-state index in [2.05, 4.69) is 21.2 Å². The minimum atomic E-state index is -1.08. The molecule has 0 heterocycles. The standard InChI is InChI=1S/C17H15BrFNO4/c1-11(17(22)20-15-5-3-2-4-14(15)19)24-16(21)10-23-13-8-6-12(18)7-9-13/h2-9,11H,10H2,1H3,(H,20,22)/t11-/m1/s1. The molecule has 0 aliphatic carbocycles. The van der Waals surface area contributed by atoms with Gasteiger partial charge in [0.25, 0.3) is 5.91 Å². The molecule has 2 aromatic rings. The Kier molecular flexibility index (Phi) is 6.31. The van der Waals surface area contributed by atoms with Crippen LogP contribution in [0.5, 0.6) is 5.75 Å². The lowest BCUT2D eigenvalue weighted by molar-refractivity contribution is -0.155. The molecular weight excluding hydrogens is 381 g/mol. The van der Waals surface area contributed by atoms with Gasteiger partial charge in [0.1, 0.15) is 11.6 Å². The van der Waals surface area contributed by atoms with Crippen LogP contribution in [0.4, 0.5) is 10.1 Å². The van der Waals surface area contributed by atoms with Gasteiger partial charge in [-0.15, -0.1) is 0 Å². The molecule has 0 saturated heterocycles. The molecule has 5 nitrogen and oxygen atoms in total. The van der Waals surface area contributed by atoms with Gasteiger partial charge in [-0.25, -0.2) is 9.18 Å². The highest BCUT2D eigenvalue weighted by molar-refractivity contribution is 9.10. The molecule has 0 aliphatic heterocycles. The molecule has 0 fully saturated rings. The zero-order valence-corrected chi connectivity index (χ0v) is 14.4. The first-order valence-electron chi connectivity index (χ1n) is 7.09. The first kappa shape index (κ1) is 17.9. The summed E-state index contributed by atoms with van der Waals surface area (Å²) < 4.78 is 24.6. The number of nitrogens with one attached hydrogen (secondary N) is 1. The highest BCUT2D eigenvalue weighted by atomic mass is 79.9. The lowest BCUT2D eigenvalue weighted by Crippen LogP contribution is -2.31. The number of rotatable bonds is 6. The highest BCUT2D eigenvalue weighted by Crippen LogP contribution is 2.16. The molecule has 0 radical (unpaired) electrons. The summed E-state index contributed by atoms with van der Waals surface area (Å²) in [4.78, 5) is 23.6. The fraction of sp³-hybridized carbons (Fsp3) is 0.176. The average molecular weight is 396 g/mol.